The van der Waals surface area contributed by atoms with E-state index in [0.29, 0.717) is 0 Å². The molecule has 0 atom stereocenters. The van der Waals surface area contributed by atoms with Gasteiger partial charge in [0.25, 0.3) is 5.90 Å². The van der Waals surface area contributed by atoms with Gasteiger partial charge >= 0.3 is 6.43 Å². The third-order valence-electron chi connectivity index (χ3n) is 3.01. The average molecular weight is 274 g/mol. The summed E-state index contributed by atoms with van der Waals surface area (Å²) in [6.07, 6.45) is -2.68. The topological polar surface area (TPSA) is 24.8 Å². The van der Waals surface area contributed by atoms with Crippen LogP contribution >= 0.6 is 0 Å². The molecule has 0 radical (unpaired) electrons. The van der Waals surface area contributed by atoms with Gasteiger partial charge in [0.05, 0.1) is 5.69 Å². The summed E-state index contributed by atoms with van der Waals surface area (Å²) in [6, 6.07) is 17.5. The Bertz CT molecular complexity index is 612. The maximum Gasteiger partial charge on any atom is 0.314 e. The van der Waals surface area contributed by atoms with E-state index in [1.54, 1.807) is 0 Å². The Morgan fingerprint density at radius 3 is 2.20 bits per heavy atom. The highest BCUT2D eigenvalue weighted by Crippen LogP contribution is 2.25. The summed E-state index contributed by atoms with van der Waals surface area (Å²) in [5, 5.41) is 5.15. The first kappa shape index (κ1) is 12.6. The zero-order valence-corrected chi connectivity index (χ0v) is 10.5. The van der Waals surface area contributed by atoms with E-state index >= 15 is 0 Å². The van der Waals surface area contributed by atoms with Crippen molar-refractivity contribution in [1.29, 1.82) is 0 Å². The normalized spacial score (nSPS) is 14.3. The quantitative estimate of drug-likeness (QED) is 0.852. The Kier molecular flexibility index (Phi) is 3.33. The molecule has 3 rings (SSSR count). The predicted molar refractivity (Wildman–Crippen MR) is 73.7 cm³/mol. The van der Waals surface area contributed by atoms with Gasteiger partial charge in [-0.1, -0.05) is 42.5 Å². The van der Waals surface area contributed by atoms with Crippen molar-refractivity contribution in [1.82, 2.24) is 0 Å². The molecule has 1 heterocycles. The minimum atomic E-state index is -2.68. The molecule has 0 aromatic heterocycles. The van der Waals surface area contributed by atoms with Crippen LogP contribution in [0.4, 0.5) is 14.5 Å². The SMILES string of the molecule is FC(F)C1=NN(c2ccc(-c3ccccc3)cc2)CO1. The van der Waals surface area contributed by atoms with Gasteiger partial charge in [-0.25, -0.2) is 5.01 Å². The second-order valence-corrected chi connectivity index (χ2v) is 4.32. The van der Waals surface area contributed by atoms with Gasteiger partial charge in [-0.3, -0.25) is 0 Å². The molecule has 0 fully saturated rings. The highest BCUT2D eigenvalue weighted by Gasteiger charge is 2.24. The molecule has 0 saturated carbocycles. The van der Waals surface area contributed by atoms with E-state index in [2.05, 4.69) is 5.10 Å². The second-order valence-electron chi connectivity index (χ2n) is 4.32. The fourth-order valence-corrected chi connectivity index (χ4v) is 2.00. The third-order valence-corrected chi connectivity index (χ3v) is 3.01. The molecule has 0 unspecified atom stereocenters. The van der Waals surface area contributed by atoms with Crippen LogP contribution in [0.2, 0.25) is 0 Å². The fraction of sp³-hybridized carbons (Fsp3) is 0.133. The minimum absolute atomic E-state index is 0.0182. The standard InChI is InChI=1S/C15H12F2N2O/c16-14(17)15-18-19(10-20-15)13-8-6-12(7-9-13)11-4-2-1-3-5-11/h1-9,14H,10H2. The van der Waals surface area contributed by atoms with E-state index < -0.39 is 12.3 Å². The lowest BCUT2D eigenvalue weighted by Gasteiger charge is -2.11. The summed E-state index contributed by atoms with van der Waals surface area (Å²) in [5.74, 6) is -0.530. The summed E-state index contributed by atoms with van der Waals surface area (Å²) in [4.78, 5) is 0. The van der Waals surface area contributed by atoms with Crippen LogP contribution in [0, 0.1) is 0 Å². The predicted octanol–water partition coefficient (Wildman–Crippen LogP) is 3.73. The Hall–Kier alpha value is -2.43. The molecule has 5 heteroatoms. The van der Waals surface area contributed by atoms with Crippen LogP contribution in [-0.4, -0.2) is 19.1 Å². The van der Waals surface area contributed by atoms with Crippen LogP contribution in [0.1, 0.15) is 0 Å². The van der Waals surface area contributed by atoms with Crippen molar-refractivity contribution in [3.05, 3.63) is 54.6 Å². The number of hydrazone groups is 1. The molecule has 20 heavy (non-hydrogen) atoms. The zero-order valence-electron chi connectivity index (χ0n) is 10.5. The van der Waals surface area contributed by atoms with Gasteiger partial charge in [-0.2, -0.15) is 8.78 Å². The maximum atomic E-state index is 12.4. The van der Waals surface area contributed by atoms with Gasteiger partial charge in [0, 0.05) is 0 Å². The van der Waals surface area contributed by atoms with Crippen molar-refractivity contribution in [3.8, 4) is 11.1 Å². The number of rotatable bonds is 3. The van der Waals surface area contributed by atoms with Crippen molar-refractivity contribution in [2.75, 3.05) is 11.7 Å². The van der Waals surface area contributed by atoms with Gasteiger partial charge in [-0.15, -0.1) is 5.10 Å². The number of ether oxygens (including phenoxy) is 1. The van der Waals surface area contributed by atoms with Crippen LogP contribution in [0.15, 0.2) is 59.7 Å². The summed E-state index contributed by atoms with van der Waals surface area (Å²) >= 11 is 0. The molecule has 1 aliphatic heterocycles. The molecule has 3 nitrogen and oxygen atoms in total. The van der Waals surface area contributed by atoms with E-state index in [-0.39, 0.29) is 6.73 Å². The van der Waals surface area contributed by atoms with Gasteiger partial charge in [0.15, 0.2) is 6.73 Å². The highest BCUT2D eigenvalue weighted by atomic mass is 19.3. The lowest BCUT2D eigenvalue weighted by Crippen LogP contribution is -2.12. The molecule has 102 valence electrons. The van der Waals surface area contributed by atoms with Gasteiger partial charge < -0.3 is 4.74 Å². The number of anilines is 1. The minimum Gasteiger partial charge on any atom is -0.452 e. The molecule has 2 aromatic carbocycles. The number of halogens is 2. The second kappa shape index (κ2) is 5.28. The summed E-state index contributed by atoms with van der Waals surface area (Å²) in [5.41, 5.74) is 2.89. The van der Waals surface area contributed by atoms with E-state index in [1.807, 2.05) is 54.6 Å². The molecular formula is C15H12F2N2O. The monoisotopic (exact) mass is 274 g/mol. The molecule has 0 bridgehead atoms. The van der Waals surface area contributed by atoms with Crippen LogP contribution in [0.25, 0.3) is 11.1 Å². The summed E-state index contributed by atoms with van der Waals surface area (Å²) in [6.45, 7) is 0.0182. The number of hydrogen-bond acceptors (Lipinski definition) is 3. The molecule has 0 spiro atoms. The van der Waals surface area contributed by atoms with Crippen molar-refractivity contribution in [3.63, 3.8) is 0 Å². The summed E-state index contributed by atoms with van der Waals surface area (Å²) in [7, 11) is 0. The van der Waals surface area contributed by atoms with Crippen molar-refractivity contribution >= 4 is 11.6 Å². The number of alkyl halides is 2. The van der Waals surface area contributed by atoms with Gasteiger partial charge in [0.2, 0.25) is 0 Å². The first-order valence-corrected chi connectivity index (χ1v) is 6.16. The van der Waals surface area contributed by atoms with Crippen LogP contribution in [-0.2, 0) is 4.74 Å². The van der Waals surface area contributed by atoms with Crippen molar-refractivity contribution in [2.45, 2.75) is 6.43 Å². The number of benzene rings is 2. The largest absolute Gasteiger partial charge is 0.452 e. The van der Waals surface area contributed by atoms with E-state index in [1.165, 1.54) is 5.01 Å². The zero-order chi connectivity index (χ0) is 13.9. The fourth-order valence-electron chi connectivity index (χ4n) is 2.00. The Morgan fingerprint density at radius 2 is 1.60 bits per heavy atom. The molecule has 0 saturated heterocycles. The van der Waals surface area contributed by atoms with Crippen molar-refractivity contribution < 1.29 is 13.5 Å². The highest BCUT2D eigenvalue weighted by molar-refractivity contribution is 5.82. The first-order valence-electron chi connectivity index (χ1n) is 6.16. The molecule has 0 N–H and O–H groups in total. The van der Waals surface area contributed by atoms with Gasteiger partial charge in [-0.05, 0) is 23.3 Å². The molecular weight excluding hydrogens is 262 g/mol. The average Bonchev–Trinajstić information content (AvgIpc) is 2.98. The molecule has 1 aliphatic rings. The molecule has 0 amide bonds. The molecule has 2 aromatic rings. The van der Waals surface area contributed by atoms with Crippen molar-refractivity contribution in [2.24, 2.45) is 5.10 Å². The maximum absolute atomic E-state index is 12.4. The van der Waals surface area contributed by atoms with Gasteiger partial charge in [0.1, 0.15) is 0 Å². The third kappa shape index (κ3) is 2.47. The number of nitrogens with zero attached hydrogens (tertiary/aromatic N) is 2. The summed E-state index contributed by atoms with van der Waals surface area (Å²) < 4.78 is 29.7. The Morgan fingerprint density at radius 1 is 0.950 bits per heavy atom. The Balaban J connectivity index is 1.81. The van der Waals surface area contributed by atoms with Crippen LogP contribution in [0.3, 0.4) is 0 Å². The first-order chi connectivity index (χ1) is 9.74. The van der Waals surface area contributed by atoms with Crippen LogP contribution < -0.4 is 5.01 Å². The molecule has 0 aliphatic carbocycles. The smallest absolute Gasteiger partial charge is 0.314 e. The Labute approximate surface area is 115 Å². The van der Waals surface area contributed by atoms with Crippen LogP contribution in [0.5, 0.6) is 0 Å². The van der Waals surface area contributed by atoms with E-state index in [4.69, 9.17) is 4.74 Å². The van der Waals surface area contributed by atoms with E-state index in [0.717, 1.165) is 16.8 Å². The van der Waals surface area contributed by atoms with E-state index in [9.17, 15) is 8.78 Å². The lowest BCUT2D eigenvalue weighted by atomic mass is 10.1. The lowest BCUT2D eigenvalue weighted by molar-refractivity contribution is 0.180. The number of hydrogen-bond donors (Lipinski definition) is 0.